The van der Waals surface area contributed by atoms with Crippen LogP contribution in [0.4, 0.5) is 4.39 Å². The molecular formula is C16H22FNO3. The third-order valence-corrected chi connectivity index (χ3v) is 4.07. The van der Waals surface area contributed by atoms with Gasteiger partial charge in [0.1, 0.15) is 11.6 Å². The molecule has 116 valence electrons. The van der Waals surface area contributed by atoms with E-state index >= 15 is 0 Å². The predicted molar refractivity (Wildman–Crippen MR) is 78.0 cm³/mol. The highest BCUT2D eigenvalue weighted by Crippen LogP contribution is 2.35. The van der Waals surface area contributed by atoms with Gasteiger partial charge in [-0.2, -0.15) is 0 Å². The lowest BCUT2D eigenvalue weighted by Crippen LogP contribution is -2.40. The van der Waals surface area contributed by atoms with Gasteiger partial charge in [0.25, 0.3) is 0 Å². The molecule has 0 saturated heterocycles. The molecule has 0 bridgehead atoms. The first-order valence-corrected chi connectivity index (χ1v) is 7.27. The number of phenols is 1. The molecule has 1 aromatic carbocycles. The Balaban J connectivity index is 2.07. The van der Waals surface area contributed by atoms with Gasteiger partial charge in [-0.1, -0.05) is 0 Å². The van der Waals surface area contributed by atoms with Gasteiger partial charge in [0, 0.05) is 19.7 Å². The molecule has 1 atom stereocenters. The normalized spacial score (nSPS) is 16.2. The number of hydrogen-bond donors (Lipinski definition) is 1. The lowest BCUT2D eigenvalue weighted by atomic mass is 10.1. The molecular weight excluding hydrogens is 273 g/mol. The number of halogens is 1. The summed E-state index contributed by atoms with van der Waals surface area (Å²) in [5.74, 6) is -0.339. The molecule has 0 amide bonds. The van der Waals surface area contributed by atoms with E-state index in [1.165, 1.54) is 18.9 Å². The van der Waals surface area contributed by atoms with E-state index in [9.17, 15) is 14.3 Å². The Morgan fingerprint density at radius 2 is 2.24 bits per heavy atom. The summed E-state index contributed by atoms with van der Waals surface area (Å²) in [6.45, 7) is 3.46. The molecule has 4 nitrogen and oxygen atoms in total. The van der Waals surface area contributed by atoms with Crippen molar-refractivity contribution in [1.29, 1.82) is 0 Å². The Kier molecular flexibility index (Phi) is 5.31. The molecule has 0 aliphatic heterocycles. The van der Waals surface area contributed by atoms with Gasteiger partial charge in [-0.15, -0.1) is 0 Å². The highest BCUT2D eigenvalue weighted by molar-refractivity contribution is 6.00. The van der Waals surface area contributed by atoms with E-state index in [1.807, 2.05) is 4.90 Å². The van der Waals surface area contributed by atoms with E-state index in [2.05, 4.69) is 6.92 Å². The van der Waals surface area contributed by atoms with Gasteiger partial charge in [0.15, 0.2) is 5.78 Å². The van der Waals surface area contributed by atoms with Crippen molar-refractivity contribution in [3.8, 4) is 5.75 Å². The second kappa shape index (κ2) is 7.00. The number of nitrogens with zero attached hydrogens (tertiary/aromatic N) is 1. The SMILES string of the molecule is COCCN(CC(=O)c1cc(F)ccc1O)C(C)C1CC1. The fourth-order valence-electron chi connectivity index (χ4n) is 2.51. The van der Waals surface area contributed by atoms with Crippen molar-refractivity contribution < 1.29 is 19.0 Å². The van der Waals surface area contributed by atoms with Crippen molar-refractivity contribution in [2.24, 2.45) is 5.92 Å². The van der Waals surface area contributed by atoms with Gasteiger partial charge in [0.2, 0.25) is 0 Å². The zero-order valence-corrected chi connectivity index (χ0v) is 12.5. The number of ketones is 1. The van der Waals surface area contributed by atoms with E-state index in [4.69, 9.17) is 4.74 Å². The Morgan fingerprint density at radius 1 is 1.52 bits per heavy atom. The highest BCUT2D eigenvalue weighted by atomic mass is 19.1. The summed E-state index contributed by atoms with van der Waals surface area (Å²) >= 11 is 0. The van der Waals surface area contributed by atoms with Crippen LogP contribution >= 0.6 is 0 Å². The maximum atomic E-state index is 13.2. The highest BCUT2D eigenvalue weighted by Gasteiger charge is 2.32. The monoisotopic (exact) mass is 295 g/mol. The van der Waals surface area contributed by atoms with Crippen LogP contribution in [0, 0.1) is 11.7 Å². The van der Waals surface area contributed by atoms with Crippen molar-refractivity contribution >= 4 is 5.78 Å². The van der Waals surface area contributed by atoms with Crippen LogP contribution in [0.25, 0.3) is 0 Å². The van der Waals surface area contributed by atoms with Crippen molar-refractivity contribution in [3.63, 3.8) is 0 Å². The molecule has 1 aliphatic carbocycles. The third-order valence-electron chi connectivity index (χ3n) is 4.07. The minimum atomic E-state index is -0.519. The Bertz CT molecular complexity index is 502. The first kappa shape index (κ1) is 15.9. The zero-order valence-electron chi connectivity index (χ0n) is 12.5. The fourth-order valence-corrected chi connectivity index (χ4v) is 2.51. The van der Waals surface area contributed by atoms with E-state index in [1.54, 1.807) is 7.11 Å². The summed E-state index contributed by atoms with van der Waals surface area (Å²) in [6.07, 6.45) is 2.37. The summed E-state index contributed by atoms with van der Waals surface area (Å²) in [5.41, 5.74) is 0.0420. The molecule has 1 aromatic rings. The van der Waals surface area contributed by atoms with Crippen LogP contribution in [0.5, 0.6) is 5.75 Å². The number of carbonyl (C=O) groups is 1. The number of hydrogen-bond acceptors (Lipinski definition) is 4. The average molecular weight is 295 g/mol. The summed E-state index contributed by atoms with van der Waals surface area (Å²) < 4.78 is 18.3. The van der Waals surface area contributed by atoms with E-state index in [0.717, 1.165) is 12.1 Å². The standard InChI is InChI=1S/C16H22FNO3/c1-11(12-3-4-12)18(7-8-21-2)10-16(20)14-9-13(17)5-6-15(14)19/h5-6,9,11-12,19H,3-4,7-8,10H2,1-2H3. The number of phenolic OH excluding ortho intramolecular Hbond substituents is 1. The van der Waals surface area contributed by atoms with Crippen LogP contribution in [0.2, 0.25) is 0 Å². The van der Waals surface area contributed by atoms with Crippen LogP contribution in [-0.4, -0.2) is 48.6 Å². The van der Waals surface area contributed by atoms with Crippen molar-refractivity contribution in [3.05, 3.63) is 29.6 Å². The Morgan fingerprint density at radius 3 is 2.86 bits per heavy atom. The molecule has 1 N–H and O–H groups in total. The second-order valence-electron chi connectivity index (χ2n) is 5.63. The maximum absolute atomic E-state index is 13.2. The van der Waals surface area contributed by atoms with Crippen LogP contribution in [0.15, 0.2) is 18.2 Å². The average Bonchev–Trinajstić information content (AvgIpc) is 3.29. The quantitative estimate of drug-likeness (QED) is 0.749. The summed E-state index contributed by atoms with van der Waals surface area (Å²) in [4.78, 5) is 14.4. The minimum absolute atomic E-state index is 0.0420. The third kappa shape index (κ3) is 4.25. The lowest BCUT2D eigenvalue weighted by molar-refractivity contribution is 0.0814. The molecule has 1 saturated carbocycles. The molecule has 0 heterocycles. The van der Waals surface area contributed by atoms with E-state index < -0.39 is 5.82 Å². The number of ether oxygens (including phenoxy) is 1. The van der Waals surface area contributed by atoms with Gasteiger partial charge in [-0.05, 0) is 43.9 Å². The number of rotatable bonds is 8. The Hall–Kier alpha value is -1.46. The van der Waals surface area contributed by atoms with Gasteiger partial charge in [0.05, 0.1) is 18.7 Å². The number of methoxy groups -OCH3 is 1. The zero-order chi connectivity index (χ0) is 15.4. The van der Waals surface area contributed by atoms with E-state index in [0.29, 0.717) is 25.1 Å². The maximum Gasteiger partial charge on any atom is 0.180 e. The molecule has 0 spiro atoms. The van der Waals surface area contributed by atoms with Crippen LogP contribution in [0.1, 0.15) is 30.1 Å². The van der Waals surface area contributed by atoms with Gasteiger partial charge in [-0.3, -0.25) is 9.69 Å². The van der Waals surface area contributed by atoms with Crippen molar-refractivity contribution in [2.75, 3.05) is 26.8 Å². The number of Topliss-reactive ketones (excluding diaryl/α,β-unsaturated/α-hetero) is 1. The molecule has 1 unspecified atom stereocenters. The Labute approximate surface area is 124 Å². The smallest absolute Gasteiger partial charge is 0.180 e. The molecule has 21 heavy (non-hydrogen) atoms. The lowest BCUT2D eigenvalue weighted by Gasteiger charge is -2.28. The van der Waals surface area contributed by atoms with Crippen LogP contribution in [0.3, 0.4) is 0 Å². The predicted octanol–water partition coefficient (Wildman–Crippen LogP) is 2.46. The number of benzene rings is 1. The van der Waals surface area contributed by atoms with Crippen molar-refractivity contribution in [2.45, 2.75) is 25.8 Å². The van der Waals surface area contributed by atoms with E-state index in [-0.39, 0.29) is 23.6 Å². The minimum Gasteiger partial charge on any atom is -0.507 e. The molecule has 1 fully saturated rings. The fraction of sp³-hybridized carbons (Fsp3) is 0.562. The first-order chi connectivity index (χ1) is 10.0. The number of carbonyl (C=O) groups excluding carboxylic acids is 1. The largest absolute Gasteiger partial charge is 0.507 e. The van der Waals surface area contributed by atoms with Crippen molar-refractivity contribution in [1.82, 2.24) is 4.90 Å². The van der Waals surface area contributed by atoms with Gasteiger partial charge in [-0.25, -0.2) is 4.39 Å². The van der Waals surface area contributed by atoms with Gasteiger partial charge < -0.3 is 9.84 Å². The molecule has 0 radical (unpaired) electrons. The first-order valence-electron chi connectivity index (χ1n) is 7.27. The van der Waals surface area contributed by atoms with Gasteiger partial charge >= 0.3 is 0 Å². The summed E-state index contributed by atoms with van der Waals surface area (Å²) in [5, 5.41) is 9.72. The summed E-state index contributed by atoms with van der Waals surface area (Å²) in [7, 11) is 1.63. The topological polar surface area (TPSA) is 49.8 Å². The van der Waals surface area contributed by atoms with Crippen LogP contribution < -0.4 is 0 Å². The molecule has 2 rings (SSSR count). The number of aromatic hydroxyl groups is 1. The summed E-state index contributed by atoms with van der Waals surface area (Å²) in [6, 6.07) is 3.74. The molecule has 5 heteroatoms. The molecule has 1 aliphatic rings. The van der Waals surface area contributed by atoms with Crippen LogP contribution in [-0.2, 0) is 4.74 Å². The molecule has 0 aromatic heterocycles. The second-order valence-corrected chi connectivity index (χ2v) is 5.63.